The molecule has 0 fully saturated rings. The molecule has 11 aromatic rings. The molecule has 1 spiro atoms. The topological polar surface area (TPSA) is 34.8 Å². The monoisotopic (exact) mass is 831 g/mol. The van der Waals surface area contributed by atoms with Crippen molar-refractivity contribution in [2.45, 2.75) is 5.41 Å². The molecular formula is C61H37NO3. The van der Waals surface area contributed by atoms with E-state index in [1.54, 1.807) is 0 Å². The molecule has 0 N–H and O–H groups in total. The van der Waals surface area contributed by atoms with Gasteiger partial charge in [0.25, 0.3) is 0 Å². The van der Waals surface area contributed by atoms with E-state index in [0.717, 1.165) is 72.6 Å². The summed E-state index contributed by atoms with van der Waals surface area (Å²) in [5.41, 5.74) is 18.7. The number of hydrogen-bond donors (Lipinski definition) is 0. The Hall–Kier alpha value is -8.60. The second-order valence-corrected chi connectivity index (χ2v) is 17.1. The minimum Gasteiger partial charge on any atom is -0.456 e. The molecule has 1 aliphatic heterocycles. The highest BCUT2D eigenvalue weighted by Crippen LogP contribution is 2.66. The quantitative estimate of drug-likeness (QED) is 0.173. The van der Waals surface area contributed by atoms with Crippen molar-refractivity contribution >= 4 is 39.0 Å². The summed E-state index contributed by atoms with van der Waals surface area (Å²) >= 11 is 0. The summed E-state index contributed by atoms with van der Waals surface area (Å²) in [6.07, 6.45) is 0. The number of furan rings is 1. The van der Waals surface area contributed by atoms with Crippen LogP contribution in [0, 0.1) is 0 Å². The van der Waals surface area contributed by atoms with Crippen molar-refractivity contribution in [3.05, 3.63) is 247 Å². The average molecular weight is 832 g/mol. The van der Waals surface area contributed by atoms with Gasteiger partial charge in [-0.1, -0.05) is 158 Å². The van der Waals surface area contributed by atoms with Crippen LogP contribution in [0.15, 0.2) is 229 Å². The fraction of sp³-hybridized carbons (Fsp3) is 0.0164. The lowest BCUT2D eigenvalue weighted by Crippen LogP contribution is -2.25. The van der Waals surface area contributed by atoms with Crippen molar-refractivity contribution in [2.24, 2.45) is 0 Å². The molecule has 0 saturated heterocycles. The molecule has 0 radical (unpaired) electrons. The fourth-order valence-electron chi connectivity index (χ4n) is 11.0. The Bertz CT molecular complexity index is 3670. The van der Waals surface area contributed by atoms with E-state index < -0.39 is 5.41 Å². The predicted octanol–water partition coefficient (Wildman–Crippen LogP) is 16.6. The first kappa shape index (κ1) is 35.9. The summed E-state index contributed by atoms with van der Waals surface area (Å²) in [7, 11) is 0. The Labute approximate surface area is 375 Å². The number of benzene rings is 10. The average Bonchev–Trinajstić information content (AvgIpc) is 4.00. The summed E-state index contributed by atoms with van der Waals surface area (Å²) in [5, 5.41) is 2.27. The van der Waals surface area contributed by atoms with E-state index in [2.05, 4.69) is 211 Å². The molecular weight excluding hydrogens is 795 g/mol. The maximum absolute atomic E-state index is 7.03. The zero-order valence-corrected chi connectivity index (χ0v) is 35.0. The molecule has 4 heteroatoms. The van der Waals surface area contributed by atoms with E-state index in [1.165, 1.54) is 38.9 Å². The van der Waals surface area contributed by atoms with Gasteiger partial charge in [0.05, 0.1) is 5.41 Å². The summed E-state index contributed by atoms with van der Waals surface area (Å²) in [6, 6.07) is 79.8. The lowest BCUT2D eigenvalue weighted by atomic mass is 9.70. The third kappa shape index (κ3) is 5.13. The second kappa shape index (κ2) is 13.7. The zero-order chi connectivity index (χ0) is 42.6. The van der Waals surface area contributed by atoms with Crippen molar-refractivity contribution in [3.63, 3.8) is 0 Å². The first-order valence-electron chi connectivity index (χ1n) is 22.2. The van der Waals surface area contributed by atoms with Gasteiger partial charge in [0.1, 0.15) is 11.2 Å². The van der Waals surface area contributed by atoms with Gasteiger partial charge >= 0.3 is 0 Å². The molecule has 304 valence electrons. The third-order valence-electron chi connectivity index (χ3n) is 13.8. The molecule has 0 bridgehead atoms. The van der Waals surface area contributed by atoms with Gasteiger partial charge in [0.2, 0.25) is 0 Å². The lowest BCUT2D eigenvalue weighted by Gasteiger charge is -2.31. The first-order chi connectivity index (χ1) is 32.2. The van der Waals surface area contributed by atoms with Gasteiger partial charge in [0.15, 0.2) is 23.0 Å². The van der Waals surface area contributed by atoms with Crippen LogP contribution in [-0.4, -0.2) is 0 Å². The van der Waals surface area contributed by atoms with Crippen LogP contribution in [0.2, 0.25) is 0 Å². The van der Waals surface area contributed by atoms with Crippen LogP contribution in [0.5, 0.6) is 23.0 Å². The van der Waals surface area contributed by atoms with Gasteiger partial charge in [-0.25, -0.2) is 0 Å². The van der Waals surface area contributed by atoms with Crippen molar-refractivity contribution in [2.75, 3.05) is 4.90 Å². The molecule has 10 aromatic carbocycles. The molecule has 65 heavy (non-hydrogen) atoms. The van der Waals surface area contributed by atoms with Crippen LogP contribution >= 0.6 is 0 Å². The van der Waals surface area contributed by atoms with Crippen molar-refractivity contribution in [1.29, 1.82) is 0 Å². The number of anilines is 3. The third-order valence-corrected chi connectivity index (χ3v) is 13.8. The largest absolute Gasteiger partial charge is 0.456 e. The number of para-hydroxylation sites is 3. The van der Waals surface area contributed by atoms with Gasteiger partial charge in [-0.3, -0.25) is 0 Å². The molecule has 4 nitrogen and oxygen atoms in total. The Kier molecular flexibility index (Phi) is 7.57. The van der Waals surface area contributed by atoms with Crippen LogP contribution in [0.4, 0.5) is 17.1 Å². The van der Waals surface area contributed by atoms with Gasteiger partial charge in [-0.2, -0.15) is 0 Å². The molecule has 14 rings (SSSR count). The van der Waals surface area contributed by atoms with Crippen LogP contribution in [0.25, 0.3) is 66.4 Å². The minimum absolute atomic E-state index is 0.456. The van der Waals surface area contributed by atoms with E-state index in [4.69, 9.17) is 13.9 Å². The second-order valence-electron chi connectivity index (χ2n) is 17.1. The number of fused-ring (bicyclic) bond motifs is 16. The maximum atomic E-state index is 7.03. The number of ether oxygens (including phenoxy) is 2. The number of rotatable bonds is 5. The Morgan fingerprint density at radius 3 is 1.60 bits per heavy atom. The van der Waals surface area contributed by atoms with E-state index >= 15 is 0 Å². The molecule has 0 saturated carbocycles. The highest BCUT2D eigenvalue weighted by molar-refractivity contribution is 6.06. The standard InChI is InChI=1S/C61H37NO3/c1-2-13-41(14-3-1)62(42-30-25-38(26-31-42)40-29-34-48-47-17-7-11-23-54(47)63-57(48)37-40)43-32-27-39(28-33-43)44-19-12-24-55-59(44)64-56-36-35-53-58(60(56)65-55)49-18-6-10-22-52(49)61(53)50-20-8-4-15-45(50)46-16-5-9-21-51(46)61/h1-37H. The minimum atomic E-state index is -0.456. The van der Waals surface area contributed by atoms with Gasteiger partial charge in [0, 0.05) is 39.0 Å². The summed E-state index contributed by atoms with van der Waals surface area (Å²) in [5.74, 6) is 2.88. The lowest BCUT2D eigenvalue weighted by molar-refractivity contribution is 0.361. The van der Waals surface area contributed by atoms with E-state index in [1.807, 2.05) is 18.2 Å². The van der Waals surface area contributed by atoms with E-state index in [-0.39, 0.29) is 0 Å². The summed E-state index contributed by atoms with van der Waals surface area (Å²) in [6.45, 7) is 0. The molecule has 0 amide bonds. The number of hydrogen-bond acceptors (Lipinski definition) is 4. The number of nitrogens with zero attached hydrogens (tertiary/aromatic N) is 1. The Balaban J connectivity index is 0.811. The predicted molar refractivity (Wildman–Crippen MR) is 262 cm³/mol. The highest BCUT2D eigenvalue weighted by atomic mass is 16.6. The summed E-state index contributed by atoms with van der Waals surface area (Å²) in [4.78, 5) is 2.29. The Morgan fingerprint density at radius 2 is 0.862 bits per heavy atom. The van der Waals surface area contributed by atoms with Crippen molar-refractivity contribution in [3.8, 4) is 67.5 Å². The van der Waals surface area contributed by atoms with Crippen molar-refractivity contribution < 1.29 is 13.9 Å². The summed E-state index contributed by atoms with van der Waals surface area (Å²) < 4.78 is 20.2. The molecule has 0 unspecified atom stereocenters. The first-order valence-corrected chi connectivity index (χ1v) is 22.2. The van der Waals surface area contributed by atoms with Gasteiger partial charge in [-0.05, 0) is 122 Å². The normalized spacial score (nSPS) is 13.3. The molecule has 2 heterocycles. The van der Waals surface area contributed by atoms with Gasteiger partial charge in [-0.15, -0.1) is 0 Å². The molecule has 3 aliphatic rings. The molecule has 0 atom stereocenters. The molecule has 1 aromatic heterocycles. The van der Waals surface area contributed by atoms with E-state index in [0.29, 0.717) is 17.2 Å². The molecule has 2 aliphatic carbocycles. The SMILES string of the molecule is c1ccc(N(c2ccc(-c3ccc4c(c3)oc3ccccc34)cc2)c2ccc(-c3cccc4c3Oc3ccc5c(c3O4)-c3ccccc3C53c4ccccc4-c4ccccc43)cc2)cc1. The van der Waals surface area contributed by atoms with E-state index in [9.17, 15) is 0 Å². The zero-order valence-electron chi connectivity index (χ0n) is 35.0. The fourth-order valence-corrected chi connectivity index (χ4v) is 11.0. The van der Waals surface area contributed by atoms with Crippen LogP contribution < -0.4 is 14.4 Å². The van der Waals surface area contributed by atoms with Crippen LogP contribution in [0.3, 0.4) is 0 Å². The van der Waals surface area contributed by atoms with Crippen molar-refractivity contribution in [1.82, 2.24) is 0 Å². The van der Waals surface area contributed by atoms with Gasteiger partial charge < -0.3 is 18.8 Å². The Morgan fingerprint density at radius 1 is 0.323 bits per heavy atom. The highest BCUT2D eigenvalue weighted by Gasteiger charge is 2.53. The van der Waals surface area contributed by atoms with Crippen LogP contribution in [0.1, 0.15) is 22.3 Å². The van der Waals surface area contributed by atoms with Crippen LogP contribution in [-0.2, 0) is 5.41 Å². The smallest absolute Gasteiger partial charge is 0.178 e. The maximum Gasteiger partial charge on any atom is 0.178 e.